The first-order valence-electron chi connectivity index (χ1n) is 44.5. The number of methoxy groups -OCH3 is 6. The van der Waals surface area contributed by atoms with Gasteiger partial charge in [0.2, 0.25) is 0 Å². The summed E-state index contributed by atoms with van der Waals surface area (Å²) < 4.78 is 140. The third-order valence-electron chi connectivity index (χ3n) is 24.1. The van der Waals surface area contributed by atoms with Gasteiger partial charge in [0.15, 0.2) is 0 Å². The maximum Gasteiger partial charge on any atom is 0.416 e. The van der Waals surface area contributed by atoms with Crippen molar-refractivity contribution in [3.05, 3.63) is 347 Å². The molecule has 0 spiro atoms. The van der Waals surface area contributed by atoms with Crippen LogP contribution in [-0.2, 0) is 25.2 Å². The highest BCUT2D eigenvalue weighted by molar-refractivity contribution is 7.87. The van der Waals surface area contributed by atoms with Gasteiger partial charge in [0, 0.05) is 56.0 Å². The number of carbonyl (C=O) groups excluding carboxylic acids is 2. The Morgan fingerprint density at radius 2 is 0.647 bits per heavy atom. The highest BCUT2D eigenvalue weighted by Gasteiger charge is 2.41. The van der Waals surface area contributed by atoms with E-state index in [0.29, 0.717) is 71.6 Å². The van der Waals surface area contributed by atoms with Crippen molar-refractivity contribution in [2.24, 2.45) is 20.3 Å². The zero-order valence-electron chi connectivity index (χ0n) is 79.2. The van der Waals surface area contributed by atoms with Gasteiger partial charge in [-0.15, -0.1) is 0 Å². The molecule has 2 aliphatic carbocycles. The highest BCUT2D eigenvalue weighted by atomic mass is 31.2. The molecule has 2 aliphatic rings. The number of fused-ring (bicyclic) bond motifs is 2. The van der Waals surface area contributed by atoms with Crippen LogP contribution in [0.15, 0.2) is 301 Å². The topological polar surface area (TPSA) is 229 Å². The Balaban J connectivity index is 0.000000230. The van der Waals surface area contributed by atoms with Crippen molar-refractivity contribution in [2.45, 2.75) is 131 Å². The molecule has 8 N–H and O–H groups in total. The Bertz CT molecular complexity index is 5720. The van der Waals surface area contributed by atoms with Crippen LogP contribution in [0.3, 0.4) is 0 Å². The Hall–Kier alpha value is -13.7. The molecule has 28 heteroatoms. The SMILES string of the molecule is C=C(N[C@@H]1c2ccccc2C[C@H]1Oc1ccc(C)cc1NC(=O)Nc1cc(C)cc(C(F)(F)F)c1)N[C@@H](CN=P(c1ccc(OC)cc1)(c1ccc(OC)cc1)c1ccc(OC)cc1)C(C)(C)C.C=C(N[C@H]1c2ccccc2C[C@@H]1Oc1ccc(C)cc1NC(=O)Nc1cc(C)cc(C(F)(F)F)c1)N[C@H](CN=P(c1ccc(OC)cc1)(c1ccc(OC)cc1)c1ccc(OC)cc1)C(C)(C)C. The Kier molecular flexibility index (Phi) is 31.5. The smallest absolute Gasteiger partial charge is 0.416 e. The second-order valence-electron chi connectivity index (χ2n) is 35.9. The third kappa shape index (κ3) is 24.1. The molecule has 0 heterocycles. The number of hydrogen-bond donors (Lipinski definition) is 8. The van der Waals surface area contributed by atoms with Crippen LogP contribution in [0.25, 0.3) is 0 Å². The number of nitrogens with zero attached hydrogens (tertiary/aromatic N) is 2. The molecule has 14 rings (SSSR count). The van der Waals surface area contributed by atoms with Crippen molar-refractivity contribution in [3.63, 3.8) is 0 Å². The van der Waals surface area contributed by atoms with Crippen molar-refractivity contribution >= 4 is 80.7 Å². The molecule has 12 aromatic rings. The number of ether oxygens (including phenoxy) is 8. The van der Waals surface area contributed by atoms with Crippen LogP contribution in [0.4, 0.5) is 58.7 Å². The molecule has 712 valence electrons. The van der Waals surface area contributed by atoms with E-state index in [1.807, 2.05) is 123 Å². The molecule has 0 bridgehead atoms. The summed E-state index contributed by atoms with van der Waals surface area (Å²) in [4.78, 5) is 26.7. The fourth-order valence-corrected chi connectivity index (χ4v) is 23.9. The van der Waals surface area contributed by atoms with Crippen LogP contribution in [0.2, 0.25) is 0 Å². The van der Waals surface area contributed by atoms with E-state index in [2.05, 4.69) is 194 Å². The number of urea groups is 2. The summed E-state index contributed by atoms with van der Waals surface area (Å²) in [6, 6.07) is 80.2. The van der Waals surface area contributed by atoms with Gasteiger partial charge in [-0.25, -0.2) is 9.59 Å². The van der Waals surface area contributed by atoms with Gasteiger partial charge in [0.05, 0.1) is 128 Å². The van der Waals surface area contributed by atoms with Gasteiger partial charge in [0.25, 0.3) is 0 Å². The molecule has 136 heavy (non-hydrogen) atoms. The molecule has 0 aliphatic heterocycles. The molecular formula is C108H118F6N10O10P2. The van der Waals surface area contributed by atoms with E-state index < -0.39 is 61.9 Å². The molecule has 20 nitrogen and oxygen atoms in total. The second-order valence-corrected chi connectivity index (χ2v) is 42.1. The summed E-state index contributed by atoms with van der Waals surface area (Å²) in [5, 5.41) is 31.9. The number of aryl methyl sites for hydroxylation is 4. The first kappa shape index (κ1) is 99.8. The van der Waals surface area contributed by atoms with Crippen LogP contribution in [0.5, 0.6) is 46.0 Å². The first-order valence-corrected chi connectivity index (χ1v) is 48.0. The molecule has 0 saturated carbocycles. The lowest BCUT2D eigenvalue weighted by Crippen LogP contribution is -2.46. The molecule has 0 fully saturated rings. The lowest BCUT2D eigenvalue weighted by Gasteiger charge is -2.35. The van der Waals surface area contributed by atoms with Crippen LogP contribution in [-0.4, -0.2) is 92.1 Å². The van der Waals surface area contributed by atoms with E-state index in [1.54, 1.807) is 80.8 Å². The number of anilines is 4. The fraction of sp³-hybridized carbons (Fsp3) is 0.278. The van der Waals surface area contributed by atoms with Crippen molar-refractivity contribution in [1.29, 1.82) is 0 Å². The second kappa shape index (κ2) is 42.9. The lowest BCUT2D eigenvalue weighted by molar-refractivity contribution is -0.138. The number of halogens is 6. The van der Waals surface area contributed by atoms with Gasteiger partial charge in [-0.3, -0.25) is 9.49 Å². The van der Waals surface area contributed by atoms with Crippen LogP contribution in [0, 0.1) is 38.5 Å². The molecule has 12 aromatic carbocycles. The summed E-state index contributed by atoms with van der Waals surface area (Å²) in [6.45, 7) is 29.7. The summed E-state index contributed by atoms with van der Waals surface area (Å²) >= 11 is 0. The molecule has 0 aromatic heterocycles. The standard InChI is InChI=1S/2C54H59F3N5O5P/c2*1-34-14-27-48(47(30-34)62-52(63)61-39-29-35(2)28-38(32-39)54(55,56)57)67-49-31-37-12-10-11-13-46(37)51(49)60-36(3)59-50(53(4,5)6)33-58-68(43-21-15-40(64-7)16-22-43,44-23-17-41(65-8)18-24-44)45-25-19-42(66-9)20-26-45/h2*10-30,32,49-51,59-60H,3,31,33H2,1-2,4-9H3,(H2,61,62,63)/t2*49-,50+,51-/m10/s1. The molecule has 0 radical (unpaired) electrons. The Labute approximate surface area is 792 Å². The molecular weight excluding hydrogens is 1770 g/mol. The molecule has 0 saturated heterocycles. The van der Waals surface area contributed by atoms with E-state index in [9.17, 15) is 35.9 Å². The number of carbonyl (C=O) groups is 2. The van der Waals surface area contributed by atoms with Gasteiger partial charge in [-0.1, -0.05) is 115 Å². The number of alkyl halides is 6. The van der Waals surface area contributed by atoms with Crippen LogP contribution >= 0.6 is 14.1 Å². The quantitative estimate of drug-likeness (QED) is 0.0145. The maximum absolute atomic E-state index is 13.6. The minimum Gasteiger partial charge on any atom is -0.497 e. The van der Waals surface area contributed by atoms with Crippen molar-refractivity contribution < 1.29 is 73.8 Å². The van der Waals surface area contributed by atoms with E-state index in [-0.39, 0.29) is 46.4 Å². The van der Waals surface area contributed by atoms with Gasteiger partial charge in [0.1, 0.15) is 58.2 Å². The lowest BCUT2D eigenvalue weighted by atomic mass is 9.87. The van der Waals surface area contributed by atoms with Gasteiger partial charge < -0.3 is 80.4 Å². The normalized spacial score (nSPS) is 15.0. The average molecular weight is 1890 g/mol. The Morgan fingerprint density at radius 3 is 0.912 bits per heavy atom. The van der Waals surface area contributed by atoms with E-state index >= 15 is 0 Å². The summed E-state index contributed by atoms with van der Waals surface area (Å²) in [5.74, 6) is 6.42. The number of rotatable bonds is 32. The molecule has 0 unspecified atom stereocenters. The minimum atomic E-state index is -4.57. The van der Waals surface area contributed by atoms with Gasteiger partial charge >= 0.3 is 24.4 Å². The zero-order valence-corrected chi connectivity index (χ0v) is 81.0. The number of benzene rings is 12. The largest absolute Gasteiger partial charge is 0.497 e. The zero-order chi connectivity index (χ0) is 97.6. The maximum atomic E-state index is 13.6. The predicted molar refractivity (Wildman–Crippen MR) is 536 cm³/mol. The van der Waals surface area contributed by atoms with Crippen LogP contribution < -0.4 is 112 Å². The third-order valence-corrected chi connectivity index (χ3v) is 31.5. The number of nitrogens with one attached hydrogen (secondary N) is 8. The Morgan fingerprint density at radius 1 is 0.368 bits per heavy atom. The van der Waals surface area contributed by atoms with Crippen molar-refractivity contribution in [1.82, 2.24) is 21.3 Å². The van der Waals surface area contributed by atoms with Crippen LogP contribution in [0.1, 0.15) is 109 Å². The first-order chi connectivity index (χ1) is 64.8. The van der Waals surface area contributed by atoms with Gasteiger partial charge in [-0.05, 0) is 289 Å². The summed E-state index contributed by atoms with van der Waals surface area (Å²) in [7, 11) is 4.50. The fourth-order valence-electron chi connectivity index (χ4n) is 16.8. The monoisotopic (exact) mass is 1890 g/mol. The molecule has 6 atom stereocenters. The van der Waals surface area contributed by atoms with Crippen molar-refractivity contribution in [2.75, 3.05) is 77.0 Å². The van der Waals surface area contributed by atoms with E-state index in [4.69, 9.17) is 47.4 Å². The number of amides is 4. The van der Waals surface area contributed by atoms with Crippen molar-refractivity contribution in [3.8, 4) is 46.0 Å². The molecule has 4 amide bonds. The summed E-state index contributed by atoms with van der Waals surface area (Å²) in [5.41, 5.74) is 5.15. The predicted octanol–water partition coefficient (Wildman–Crippen LogP) is 22.6. The van der Waals surface area contributed by atoms with E-state index in [1.165, 1.54) is 12.1 Å². The number of hydrogen-bond acceptors (Lipinski definition) is 16. The van der Waals surface area contributed by atoms with Gasteiger partial charge in [-0.2, -0.15) is 26.3 Å². The average Bonchev–Trinajstić information content (AvgIpc) is 1.03. The highest BCUT2D eigenvalue weighted by Crippen LogP contribution is 2.51. The minimum absolute atomic E-state index is 0.0163. The summed E-state index contributed by atoms with van der Waals surface area (Å²) in [6.07, 6.45) is -8.91. The van der Waals surface area contributed by atoms with E-state index in [0.717, 1.165) is 124 Å².